The second kappa shape index (κ2) is 11.1. The molecule has 0 unspecified atom stereocenters. The molecular formula is C30H36N3Si. The fraction of sp³-hybridized carbons (Fsp3) is 0.233. The van der Waals surface area contributed by atoms with Crippen molar-refractivity contribution in [3.05, 3.63) is 119 Å². The van der Waals surface area contributed by atoms with Gasteiger partial charge in [0.15, 0.2) is 8.07 Å². The third kappa shape index (κ3) is 4.73. The van der Waals surface area contributed by atoms with Crippen molar-refractivity contribution in [1.82, 2.24) is 0 Å². The van der Waals surface area contributed by atoms with Crippen molar-refractivity contribution in [2.45, 2.75) is 45.8 Å². The molecule has 1 radical (unpaired) electrons. The Morgan fingerprint density at radius 2 is 1.12 bits per heavy atom. The fourth-order valence-electron chi connectivity index (χ4n) is 5.06. The van der Waals surface area contributed by atoms with E-state index in [-0.39, 0.29) is 0 Å². The molecule has 4 rings (SSSR count). The van der Waals surface area contributed by atoms with E-state index >= 15 is 0 Å². The van der Waals surface area contributed by atoms with Crippen LogP contribution in [0, 0.1) is 5.54 Å². The summed E-state index contributed by atoms with van der Waals surface area (Å²) in [6.07, 6.45) is 10.6. The monoisotopic (exact) mass is 466 g/mol. The van der Waals surface area contributed by atoms with Gasteiger partial charge in [-0.3, -0.25) is 0 Å². The van der Waals surface area contributed by atoms with Gasteiger partial charge < -0.3 is 17.2 Å². The molecule has 1 aliphatic carbocycles. The van der Waals surface area contributed by atoms with Gasteiger partial charge in [-0.25, -0.2) is 0 Å². The SMILES string of the molecule is CCCCC1=C[C]([Si](c2cccc(CN)c2)(c2cccc(CN)c2)c2cccc(CN)c2)C=C1. The summed E-state index contributed by atoms with van der Waals surface area (Å²) in [5, 5.41) is 4.02. The van der Waals surface area contributed by atoms with Gasteiger partial charge in [-0.1, -0.05) is 110 Å². The topological polar surface area (TPSA) is 78.1 Å². The van der Waals surface area contributed by atoms with Gasteiger partial charge in [0, 0.05) is 25.2 Å². The van der Waals surface area contributed by atoms with E-state index in [1.165, 1.54) is 39.5 Å². The number of hydrogen-bond donors (Lipinski definition) is 3. The molecule has 0 saturated carbocycles. The first-order chi connectivity index (χ1) is 16.6. The molecule has 0 atom stereocenters. The molecule has 3 aromatic rings. The van der Waals surface area contributed by atoms with Gasteiger partial charge in [-0.05, 0) is 45.1 Å². The number of unbranched alkanes of at least 4 members (excludes halogenated alkanes) is 1. The van der Waals surface area contributed by atoms with Crippen LogP contribution in [0.5, 0.6) is 0 Å². The molecule has 6 N–H and O–H groups in total. The van der Waals surface area contributed by atoms with Crippen LogP contribution in [-0.2, 0) is 19.6 Å². The van der Waals surface area contributed by atoms with Crippen LogP contribution in [0.25, 0.3) is 0 Å². The summed E-state index contributed by atoms with van der Waals surface area (Å²) in [5.74, 6) is 0. The van der Waals surface area contributed by atoms with Gasteiger partial charge in [-0.15, -0.1) is 0 Å². The molecule has 0 bridgehead atoms. The minimum absolute atomic E-state index is 0.521. The van der Waals surface area contributed by atoms with Gasteiger partial charge in [0.2, 0.25) is 0 Å². The van der Waals surface area contributed by atoms with Crippen molar-refractivity contribution in [1.29, 1.82) is 0 Å². The predicted molar refractivity (Wildman–Crippen MR) is 148 cm³/mol. The lowest BCUT2D eigenvalue weighted by molar-refractivity contribution is 0.799. The molecule has 0 amide bonds. The molecule has 0 saturated heterocycles. The second-order valence-electron chi connectivity index (χ2n) is 9.07. The Morgan fingerprint density at radius 1 is 0.647 bits per heavy atom. The normalized spacial score (nSPS) is 13.9. The first kappa shape index (κ1) is 24.4. The van der Waals surface area contributed by atoms with E-state index in [9.17, 15) is 0 Å². The van der Waals surface area contributed by atoms with Crippen LogP contribution < -0.4 is 32.8 Å². The summed E-state index contributed by atoms with van der Waals surface area (Å²) >= 11 is 0. The second-order valence-corrected chi connectivity index (χ2v) is 12.9. The Kier molecular flexibility index (Phi) is 7.96. The summed E-state index contributed by atoms with van der Waals surface area (Å²) < 4.78 is 0. The minimum Gasteiger partial charge on any atom is -0.326 e. The maximum Gasteiger partial charge on any atom is 0.162 e. The number of hydrogen-bond acceptors (Lipinski definition) is 3. The third-order valence-corrected chi connectivity index (χ3v) is 11.6. The molecule has 175 valence electrons. The van der Waals surface area contributed by atoms with E-state index in [4.69, 9.17) is 17.2 Å². The zero-order valence-corrected chi connectivity index (χ0v) is 21.1. The van der Waals surface area contributed by atoms with Crippen LogP contribution >= 0.6 is 0 Å². The van der Waals surface area contributed by atoms with E-state index < -0.39 is 8.07 Å². The summed E-state index contributed by atoms with van der Waals surface area (Å²) in [6, 6.07) is 26.6. The number of nitrogens with two attached hydrogens (primary N) is 3. The van der Waals surface area contributed by atoms with Crippen LogP contribution in [0.15, 0.2) is 96.6 Å². The van der Waals surface area contributed by atoms with Crippen LogP contribution in [-0.4, -0.2) is 8.07 Å². The zero-order chi connectivity index (χ0) is 24.0. The highest BCUT2D eigenvalue weighted by Gasteiger charge is 2.46. The van der Waals surface area contributed by atoms with Crippen molar-refractivity contribution in [2.24, 2.45) is 17.2 Å². The molecule has 0 spiro atoms. The molecule has 0 aromatic heterocycles. The summed E-state index contributed by atoms with van der Waals surface area (Å²) in [4.78, 5) is 0. The highest BCUT2D eigenvalue weighted by molar-refractivity contribution is 7.15. The molecule has 3 aromatic carbocycles. The Hall–Kier alpha value is -2.76. The Bertz CT molecular complexity index is 1070. The third-order valence-electron chi connectivity index (χ3n) is 6.86. The lowest BCUT2D eigenvalue weighted by atomic mass is 10.1. The molecular weight excluding hydrogens is 430 g/mol. The smallest absolute Gasteiger partial charge is 0.162 e. The first-order valence-electron chi connectivity index (χ1n) is 12.3. The van der Waals surface area contributed by atoms with Crippen molar-refractivity contribution >= 4 is 23.6 Å². The van der Waals surface area contributed by atoms with E-state index in [1.807, 2.05) is 0 Å². The quantitative estimate of drug-likeness (QED) is 0.317. The molecule has 1 aliphatic rings. The van der Waals surface area contributed by atoms with Crippen molar-refractivity contribution in [3.8, 4) is 0 Å². The lowest BCUT2D eigenvalue weighted by Crippen LogP contribution is -2.70. The summed E-state index contributed by atoms with van der Waals surface area (Å²) in [5.41, 5.74) is 24.6. The minimum atomic E-state index is -2.63. The van der Waals surface area contributed by atoms with E-state index in [2.05, 4.69) is 97.9 Å². The molecule has 0 fully saturated rings. The average Bonchev–Trinajstić information content (AvgIpc) is 3.37. The highest BCUT2D eigenvalue weighted by atomic mass is 28.3. The van der Waals surface area contributed by atoms with E-state index in [0.717, 1.165) is 23.1 Å². The predicted octanol–water partition coefficient (Wildman–Crippen LogP) is 3.33. The molecule has 34 heavy (non-hydrogen) atoms. The first-order valence-corrected chi connectivity index (χ1v) is 14.3. The standard InChI is InChI=1S/C30H36N3Si/c1-2-3-7-23-14-15-30(16-23)34(27-11-4-8-24(17-27)20-31,28-12-5-9-25(18-28)21-32)29-13-6-10-26(19-29)22-33/h4-6,8-19H,2-3,7,20-22,31-33H2,1H3. The maximum absolute atomic E-state index is 6.11. The van der Waals surface area contributed by atoms with Crippen LogP contribution in [0.4, 0.5) is 0 Å². The van der Waals surface area contributed by atoms with Gasteiger partial charge in [0.1, 0.15) is 0 Å². The van der Waals surface area contributed by atoms with Crippen LogP contribution in [0.3, 0.4) is 0 Å². The zero-order valence-electron chi connectivity index (χ0n) is 20.1. The average molecular weight is 467 g/mol. The van der Waals surface area contributed by atoms with Crippen LogP contribution in [0.2, 0.25) is 0 Å². The maximum atomic E-state index is 6.11. The Morgan fingerprint density at radius 3 is 1.53 bits per heavy atom. The van der Waals surface area contributed by atoms with Crippen LogP contribution in [0.1, 0.15) is 42.9 Å². The van der Waals surface area contributed by atoms with Crippen molar-refractivity contribution in [3.63, 3.8) is 0 Å². The van der Waals surface area contributed by atoms with Gasteiger partial charge in [0.25, 0.3) is 0 Å². The summed E-state index contributed by atoms with van der Waals surface area (Å²) in [7, 11) is -2.63. The van der Waals surface area contributed by atoms with E-state index in [1.54, 1.807) is 0 Å². The molecule has 0 aliphatic heterocycles. The van der Waals surface area contributed by atoms with Crippen molar-refractivity contribution < 1.29 is 0 Å². The fourth-order valence-corrected chi connectivity index (χ4v) is 10.0. The lowest BCUT2D eigenvalue weighted by Gasteiger charge is -2.38. The van der Waals surface area contributed by atoms with E-state index in [0.29, 0.717) is 19.6 Å². The Labute approximate surface area is 205 Å². The number of rotatable bonds is 10. The van der Waals surface area contributed by atoms with Crippen molar-refractivity contribution in [2.75, 3.05) is 0 Å². The highest BCUT2D eigenvalue weighted by Crippen LogP contribution is 2.31. The summed E-state index contributed by atoms with van der Waals surface area (Å²) in [6.45, 7) is 3.81. The largest absolute Gasteiger partial charge is 0.326 e. The van der Waals surface area contributed by atoms with Gasteiger partial charge in [0.05, 0.1) is 0 Å². The molecule has 0 heterocycles. The number of allylic oxidation sites excluding steroid dienone is 4. The molecule has 4 heteroatoms. The van der Waals surface area contributed by atoms with Gasteiger partial charge in [-0.2, -0.15) is 0 Å². The number of benzene rings is 3. The van der Waals surface area contributed by atoms with Gasteiger partial charge >= 0.3 is 0 Å². The Balaban J connectivity index is 2.04. The molecule has 3 nitrogen and oxygen atoms in total.